The molecule has 0 saturated heterocycles. The second-order valence-electron chi connectivity index (χ2n) is 4.50. The van der Waals surface area contributed by atoms with Crippen LogP contribution >= 0.6 is 11.8 Å². The number of hydrogen-bond acceptors (Lipinski definition) is 4. The topological polar surface area (TPSA) is 85.3 Å². The Morgan fingerprint density at radius 1 is 1.56 bits per heavy atom. The van der Waals surface area contributed by atoms with E-state index in [2.05, 4.69) is 0 Å². The molecule has 0 radical (unpaired) electrons. The van der Waals surface area contributed by atoms with E-state index in [9.17, 15) is 9.59 Å². The number of thioether (sulfide) groups is 1. The second-order valence-corrected chi connectivity index (χ2v) is 6.25. The average molecular weight is 270 g/mol. The first-order chi connectivity index (χ1) is 8.34. The highest BCUT2D eigenvalue weighted by molar-refractivity contribution is 8.00. The molecule has 0 fully saturated rings. The Hall–Kier alpha value is -1.27. The Morgan fingerprint density at radius 3 is 2.78 bits per heavy atom. The molecular weight excluding hydrogens is 252 g/mol. The molecule has 0 aliphatic heterocycles. The minimum atomic E-state index is -1.01. The van der Waals surface area contributed by atoms with E-state index in [1.54, 1.807) is 36.7 Å². The smallest absolute Gasteiger partial charge is 0.321 e. The first kappa shape index (κ1) is 14.8. The van der Waals surface area contributed by atoms with Gasteiger partial charge in [0.2, 0.25) is 0 Å². The molecule has 1 atom stereocenters. The van der Waals surface area contributed by atoms with Gasteiger partial charge in [-0.05, 0) is 19.9 Å². The first-order valence-corrected chi connectivity index (χ1v) is 6.61. The van der Waals surface area contributed by atoms with Gasteiger partial charge in [-0.15, -0.1) is 0 Å². The number of hydrogen-bond donors (Lipinski definition) is 2. The lowest BCUT2D eigenvalue weighted by atomic mass is 10.1. The monoisotopic (exact) mass is 270 g/mol. The number of aromatic nitrogens is 1. The third-order valence-electron chi connectivity index (χ3n) is 2.72. The van der Waals surface area contributed by atoms with Gasteiger partial charge >= 0.3 is 5.97 Å². The summed E-state index contributed by atoms with van der Waals surface area (Å²) in [6, 6.07) is 4.06. The lowest BCUT2D eigenvalue weighted by Crippen LogP contribution is -2.47. The van der Waals surface area contributed by atoms with Crippen LogP contribution in [0.2, 0.25) is 0 Å². The lowest BCUT2D eigenvalue weighted by Gasteiger charge is -2.28. The number of aryl methyl sites for hydroxylation is 1. The SMILES string of the molecule is CC(C)(SCCn1ccccc1=O)[C@@H](N)C(=O)O. The summed E-state index contributed by atoms with van der Waals surface area (Å²) < 4.78 is 1.03. The van der Waals surface area contributed by atoms with Crippen molar-refractivity contribution in [2.75, 3.05) is 5.75 Å². The third kappa shape index (κ3) is 3.89. The van der Waals surface area contributed by atoms with Gasteiger partial charge in [0.15, 0.2) is 0 Å². The Labute approximate surface area is 110 Å². The van der Waals surface area contributed by atoms with Crippen molar-refractivity contribution in [3.8, 4) is 0 Å². The molecule has 100 valence electrons. The number of carboxylic acid groups (broad SMARTS) is 1. The molecule has 0 aliphatic rings. The number of nitrogens with zero attached hydrogens (tertiary/aromatic N) is 1. The van der Waals surface area contributed by atoms with Crippen LogP contribution in [0.15, 0.2) is 29.2 Å². The van der Waals surface area contributed by atoms with E-state index < -0.39 is 16.8 Å². The molecule has 0 bridgehead atoms. The summed E-state index contributed by atoms with van der Waals surface area (Å²) in [5.41, 5.74) is 5.56. The minimum absolute atomic E-state index is 0.0570. The summed E-state index contributed by atoms with van der Waals surface area (Å²) >= 11 is 1.45. The molecule has 0 amide bonds. The fourth-order valence-electron chi connectivity index (χ4n) is 1.44. The van der Waals surface area contributed by atoms with E-state index in [1.165, 1.54) is 17.8 Å². The largest absolute Gasteiger partial charge is 0.480 e. The summed E-state index contributed by atoms with van der Waals surface area (Å²) in [5, 5.41) is 8.88. The van der Waals surface area contributed by atoms with Crippen molar-refractivity contribution in [2.24, 2.45) is 5.73 Å². The maximum absolute atomic E-state index is 11.5. The van der Waals surface area contributed by atoms with Crippen molar-refractivity contribution in [1.82, 2.24) is 4.57 Å². The molecule has 0 aromatic carbocycles. The van der Waals surface area contributed by atoms with Crippen LogP contribution in [0.3, 0.4) is 0 Å². The molecule has 1 heterocycles. The number of pyridine rings is 1. The molecular formula is C12H18N2O3S. The fraction of sp³-hybridized carbons (Fsp3) is 0.500. The van der Waals surface area contributed by atoms with Crippen LogP contribution in [0, 0.1) is 0 Å². The Morgan fingerprint density at radius 2 is 2.22 bits per heavy atom. The Kier molecular flexibility index (Phi) is 4.98. The van der Waals surface area contributed by atoms with Gasteiger partial charge in [-0.2, -0.15) is 11.8 Å². The molecule has 0 unspecified atom stereocenters. The summed E-state index contributed by atoms with van der Waals surface area (Å²) in [5.74, 6) is -0.373. The van der Waals surface area contributed by atoms with Crippen LogP contribution < -0.4 is 11.3 Å². The molecule has 3 N–H and O–H groups in total. The lowest BCUT2D eigenvalue weighted by molar-refractivity contribution is -0.139. The third-order valence-corrected chi connectivity index (χ3v) is 4.10. The van der Waals surface area contributed by atoms with Crippen LogP contribution in [0.5, 0.6) is 0 Å². The summed E-state index contributed by atoms with van der Waals surface area (Å²) in [6.45, 7) is 4.13. The number of nitrogens with two attached hydrogens (primary N) is 1. The van der Waals surface area contributed by atoms with Crippen LogP contribution in [-0.2, 0) is 11.3 Å². The second kappa shape index (κ2) is 6.06. The number of carbonyl (C=O) groups is 1. The molecule has 1 aromatic heterocycles. The maximum Gasteiger partial charge on any atom is 0.321 e. The zero-order valence-electron chi connectivity index (χ0n) is 10.5. The normalized spacial score (nSPS) is 13.3. The first-order valence-electron chi connectivity index (χ1n) is 5.62. The van der Waals surface area contributed by atoms with Crippen molar-refractivity contribution in [3.05, 3.63) is 34.7 Å². The summed E-state index contributed by atoms with van der Waals surface area (Å²) in [6.07, 6.45) is 1.72. The zero-order chi connectivity index (χ0) is 13.8. The van der Waals surface area contributed by atoms with E-state index >= 15 is 0 Å². The van der Waals surface area contributed by atoms with Gasteiger partial charge in [-0.1, -0.05) is 6.07 Å². The van der Waals surface area contributed by atoms with E-state index in [1.807, 2.05) is 0 Å². The highest BCUT2D eigenvalue weighted by atomic mass is 32.2. The standard InChI is InChI=1S/C12H18N2O3S/c1-12(2,10(13)11(16)17)18-8-7-14-6-4-3-5-9(14)15/h3-6,10H,7-8,13H2,1-2H3,(H,16,17)/t10-/m0/s1. The van der Waals surface area contributed by atoms with Gasteiger partial charge in [0.1, 0.15) is 6.04 Å². The van der Waals surface area contributed by atoms with Gasteiger partial charge < -0.3 is 15.4 Å². The van der Waals surface area contributed by atoms with E-state index in [-0.39, 0.29) is 5.56 Å². The Balaban J connectivity index is 2.54. The van der Waals surface area contributed by atoms with Gasteiger partial charge in [0.25, 0.3) is 5.56 Å². The maximum atomic E-state index is 11.5. The molecule has 1 rings (SSSR count). The molecule has 0 saturated carbocycles. The Bertz CT molecular complexity index is 470. The van der Waals surface area contributed by atoms with E-state index in [0.29, 0.717) is 12.3 Å². The van der Waals surface area contributed by atoms with Crippen molar-refractivity contribution in [2.45, 2.75) is 31.2 Å². The molecule has 18 heavy (non-hydrogen) atoms. The van der Waals surface area contributed by atoms with Crippen molar-refractivity contribution in [3.63, 3.8) is 0 Å². The zero-order valence-corrected chi connectivity index (χ0v) is 11.3. The number of rotatable bonds is 6. The van der Waals surface area contributed by atoms with Gasteiger partial charge in [-0.3, -0.25) is 9.59 Å². The van der Waals surface area contributed by atoms with Crippen molar-refractivity contribution >= 4 is 17.7 Å². The van der Waals surface area contributed by atoms with Gasteiger partial charge in [-0.25, -0.2) is 0 Å². The predicted octanol–water partition coefficient (Wildman–Crippen LogP) is 0.772. The van der Waals surface area contributed by atoms with Crippen LogP contribution in [-0.4, -0.2) is 32.2 Å². The van der Waals surface area contributed by atoms with Crippen molar-refractivity contribution in [1.29, 1.82) is 0 Å². The summed E-state index contributed by atoms with van der Waals surface area (Å²) in [7, 11) is 0. The molecule has 1 aromatic rings. The highest BCUT2D eigenvalue weighted by Crippen LogP contribution is 2.27. The van der Waals surface area contributed by atoms with Crippen LogP contribution in [0.4, 0.5) is 0 Å². The average Bonchev–Trinajstić information content (AvgIpc) is 2.30. The van der Waals surface area contributed by atoms with Gasteiger partial charge in [0, 0.05) is 29.3 Å². The van der Waals surface area contributed by atoms with E-state index in [4.69, 9.17) is 10.8 Å². The molecule has 5 nitrogen and oxygen atoms in total. The molecule has 0 spiro atoms. The highest BCUT2D eigenvalue weighted by Gasteiger charge is 2.32. The number of aliphatic carboxylic acids is 1. The van der Waals surface area contributed by atoms with Gasteiger partial charge in [0.05, 0.1) is 0 Å². The van der Waals surface area contributed by atoms with E-state index in [0.717, 1.165) is 0 Å². The summed E-state index contributed by atoms with van der Waals surface area (Å²) in [4.78, 5) is 22.3. The fourth-order valence-corrected chi connectivity index (χ4v) is 2.53. The number of carboxylic acids is 1. The molecule has 6 heteroatoms. The molecule has 0 aliphatic carbocycles. The predicted molar refractivity (Wildman–Crippen MR) is 72.9 cm³/mol. The van der Waals surface area contributed by atoms with Crippen molar-refractivity contribution < 1.29 is 9.90 Å². The van der Waals surface area contributed by atoms with Crippen LogP contribution in [0.1, 0.15) is 13.8 Å². The quantitative estimate of drug-likeness (QED) is 0.797. The minimum Gasteiger partial charge on any atom is -0.480 e. The van der Waals surface area contributed by atoms with Crippen LogP contribution in [0.25, 0.3) is 0 Å².